The number of rotatable bonds is 8. The normalized spacial score (nSPS) is 14.2. The van der Waals surface area contributed by atoms with Crippen molar-refractivity contribution in [3.05, 3.63) is 29.8 Å². The number of hydrogen-bond acceptors (Lipinski definition) is 3. The zero-order valence-corrected chi connectivity index (χ0v) is 11.7. The van der Waals surface area contributed by atoms with Crippen LogP contribution in [0.5, 0.6) is 5.75 Å². The molecule has 0 saturated carbocycles. The van der Waals surface area contributed by atoms with Crippen LogP contribution in [-0.2, 0) is 5.60 Å². The maximum absolute atomic E-state index is 10.5. The molecule has 1 unspecified atom stereocenters. The molecule has 1 aromatic carbocycles. The molecule has 0 spiro atoms. The molecule has 2 N–H and O–H groups in total. The van der Waals surface area contributed by atoms with E-state index in [4.69, 9.17) is 4.74 Å². The van der Waals surface area contributed by atoms with Crippen LogP contribution in [0.4, 0.5) is 0 Å². The topological polar surface area (TPSA) is 41.5 Å². The van der Waals surface area contributed by atoms with Crippen LogP contribution in [0, 0.1) is 0 Å². The molecule has 102 valence electrons. The van der Waals surface area contributed by atoms with E-state index in [0.717, 1.165) is 30.8 Å². The second kappa shape index (κ2) is 7.39. The highest BCUT2D eigenvalue weighted by molar-refractivity contribution is 5.32. The van der Waals surface area contributed by atoms with Crippen molar-refractivity contribution in [2.45, 2.75) is 39.2 Å². The van der Waals surface area contributed by atoms with Crippen molar-refractivity contribution in [3.8, 4) is 5.75 Å². The van der Waals surface area contributed by atoms with Crippen LogP contribution < -0.4 is 10.1 Å². The van der Waals surface area contributed by atoms with Crippen LogP contribution in [0.25, 0.3) is 0 Å². The summed E-state index contributed by atoms with van der Waals surface area (Å²) in [6.07, 6.45) is 1.81. The summed E-state index contributed by atoms with van der Waals surface area (Å²) >= 11 is 0. The van der Waals surface area contributed by atoms with E-state index >= 15 is 0 Å². The predicted octanol–water partition coefficient (Wildman–Crippen LogP) is 2.68. The van der Waals surface area contributed by atoms with Crippen molar-refractivity contribution >= 4 is 0 Å². The van der Waals surface area contributed by atoms with Gasteiger partial charge in [0.2, 0.25) is 0 Å². The standard InChI is InChI=1S/C15H25NO2/c1-4-10-16-11-9-15(3,17)13-7-6-8-14(12-13)18-5-2/h6-8,12,16-17H,4-5,9-11H2,1-3H3. The third-order valence-corrected chi connectivity index (χ3v) is 2.98. The highest BCUT2D eigenvalue weighted by atomic mass is 16.5. The first-order chi connectivity index (χ1) is 8.60. The minimum absolute atomic E-state index is 0.643. The van der Waals surface area contributed by atoms with Crippen LogP contribution in [-0.4, -0.2) is 24.8 Å². The maximum atomic E-state index is 10.5. The fourth-order valence-electron chi connectivity index (χ4n) is 1.87. The zero-order valence-electron chi connectivity index (χ0n) is 11.7. The molecule has 3 heteroatoms. The van der Waals surface area contributed by atoms with Gasteiger partial charge in [0.25, 0.3) is 0 Å². The number of nitrogens with one attached hydrogen (secondary N) is 1. The molecule has 0 aliphatic carbocycles. The molecule has 0 radical (unpaired) electrons. The van der Waals surface area contributed by atoms with Gasteiger partial charge in [0, 0.05) is 0 Å². The van der Waals surface area contributed by atoms with Crippen molar-refractivity contribution in [2.24, 2.45) is 0 Å². The molecule has 18 heavy (non-hydrogen) atoms. The van der Waals surface area contributed by atoms with E-state index in [1.54, 1.807) is 0 Å². The molecular weight excluding hydrogens is 226 g/mol. The quantitative estimate of drug-likeness (QED) is 0.698. The first kappa shape index (κ1) is 15.0. The van der Waals surface area contributed by atoms with Gasteiger partial charge >= 0.3 is 0 Å². The SMILES string of the molecule is CCCNCCC(C)(O)c1cccc(OCC)c1. The van der Waals surface area contributed by atoms with Gasteiger partial charge in [-0.3, -0.25) is 0 Å². The fraction of sp³-hybridized carbons (Fsp3) is 0.600. The molecule has 0 amide bonds. The molecule has 1 aromatic rings. The number of benzene rings is 1. The Morgan fingerprint density at radius 3 is 2.72 bits per heavy atom. The lowest BCUT2D eigenvalue weighted by atomic mass is 9.92. The molecule has 0 fully saturated rings. The monoisotopic (exact) mass is 251 g/mol. The van der Waals surface area contributed by atoms with Crippen molar-refractivity contribution in [2.75, 3.05) is 19.7 Å². The summed E-state index contributed by atoms with van der Waals surface area (Å²) < 4.78 is 5.46. The average Bonchev–Trinajstić information content (AvgIpc) is 2.36. The molecule has 0 heterocycles. The Balaban J connectivity index is 2.62. The summed E-state index contributed by atoms with van der Waals surface area (Å²) in [6.45, 7) is 8.40. The van der Waals surface area contributed by atoms with Crippen molar-refractivity contribution in [1.82, 2.24) is 5.32 Å². The lowest BCUT2D eigenvalue weighted by Crippen LogP contribution is -2.28. The van der Waals surface area contributed by atoms with Crippen molar-refractivity contribution in [1.29, 1.82) is 0 Å². The van der Waals surface area contributed by atoms with Gasteiger partial charge in [0.05, 0.1) is 12.2 Å². The van der Waals surface area contributed by atoms with E-state index < -0.39 is 5.60 Å². The van der Waals surface area contributed by atoms with Crippen LogP contribution >= 0.6 is 0 Å². The lowest BCUT2D eigenvalue weighted by Gasteiger charge is -2.24. The molecule has 0 aliphatic heterocycles. The highest BCUT2D eigenvalue weighted by Gasteiger charge is 2.22. The molecule has 1 rings (SSSR count). The number of aliphatic hydroxyl groups is 1. The molecule has 0 aromatic heterocycles. The Morgan fingerprint density at radius 1 is 1.28 bits per heavy atom. The third-order valence-electron chi connectivity index (χ3n) is 2.98. The van der Waals surface area contributed by atoms with Crippen molar-refractivity contribution < 1.29 is 9.84 Å². The largest absolute Gasteiger partial charge is 0.494 e. The molecule has 0 bridgehead atoms. The van der Waals surface area contributed by atoms with Crippen LogP contribution in [0.1, 0.15) is 39.2 Å². The van der Waals surface area contributed by atoms with Crippen LogP contribution in [0.15, 0.2) is 24.3 Å². The number of hydrogen-bond donors (Lipinski definition) is 2. The minimum atomic E-state index is -0.812. The van der Waals surface area contributed by atoms with Gasteiger partial charge < -0.3 is 15.2 Å². The van der Waals surface area contributed by atoms with Gasteiger partial charge in [-0.2, -0.15) is 0 Å². The van der Waals surface area contributed by atoms with Gasteiger partial charge in [0.1, 0.15) is 5.75 Å². The van der Waals surface area contributed by atoms with E-state index in [2.05, 4.69) is 12.2 Å². The smallest absolute Gasteiger partial charge is 0.119 e. The second-order valence-electron chi connectivity index (χ2n) is 4.73. The molecule has 1 atom stereocenters. The Labute approximate surface area is 110 Å². The third kappa shape index (κ3) is 4.67. The fourth-order valence-corrected chi connectivity index (χ4v) is 1.87. The molecule has 3 nitrogen and oxygen atoms in total. The second-order valence-corrected chi connectivity index (χ2v) is 4.73. The molecular formula is C15H25NO2. The Kier molecular flexibility index (Phi) is 6.16. The van der Waals surface area contributed by atoms with E-state index in [9.17, 15) is 5.11 Å². The summed E-state index contributed by atoms with van der Waals surface area (Å²) in [5, 5.41) is 13.8. The van der Waals surface area contributed by atoms with Gasteiger partial charge in [-0.1, -0.05) is 19.1 Å². The van der Waals surface area contributed by atoms with E-state index in [1.165, 1.54) is 0 Å². The van der Waals surface area contributed by atoms with Gasteiger partial charge in [-0.05, 0) is 57.5 Å². The lowest BCUT2D eigenvalue weighted by molar-refractivity contribution is 0.0478. The summed E-state index contributed by atoms with van der Waals surface area (Å²) in [7, 11) is 0. The first-order valence-corrected chi connectivity index (χ1v) is 6.76. The van der Waals surface area contributed by atoms with Crippen LogP contribution in [0.3, 0.4) is 0 Å². The van der Waals surface area contributed by atoms with Gasteiger partial charge in [-0.15, -0.1) is 0 Å². The van der Waals surface area contributed by atoms with E-state index in [-0.39, 0.29) is 0 Å². The van der Waals surface area contributed by atoms with Gasteiger partial charge in [0.15, 0.2) is 0 Å². The summed E-state index contributed by atoms with van der Waals surface area (Å²) in [6, 6.07) is 7.71. The maximum Gasteiger partial charge on any atom is 0.119 e. The molecule has 0 saturated heterocycles. The molecule has 0 aliphatic rings. The summed E-state index contributed by atoms with van der Waals surface area (Å²) in [5.74, 6) is 0.816. The Bertz CT molecular complexity index is 350. The zero-order chi connectivity index (χ0) is 13.4. The number of ether oxygens (including phenoxy) is 1. The Morgan fingerprint density at radius 2 is 2.06 bits per heavy atom. The average molecular weight is 251 g/mol. The predicted molar refractivity (Wildman–Crippen MR) is 75.0 cm³/mol. The summed E-state index contributed by atoms with van der Waals surface area (Å²) in [4.78, 5) is 0. The van der Waals surface area contributed by atoms with E-state index in [1.807, 2.05) is 38.1 Å². The highest BCUT2D eigenvalue weighted by Crippen LogP contribution is 2.27. The first-order valence-electron chi connectivity index (χ1n) is 6.76. The Hall–Kier alpha value is -1.06. The minimum Gasteiger partial charge on any atom is -0.494 e. The summed E-state index contributed by atoms with van der Waals surface area (Å²) in [5.41, 5.74) is 0.0974. The van der Waals surface area contributed by atoms with Gasteiger partial charge in [-0.25, -0.2) is 0 Å². The van der Waals surface area contributed by atoms with E-state index in [0.29, 0.717) is 13.0 Å². The van der Waals surface area contributed by atoms with Crippen LogP contribution in [0.2, 0.25) is 0 Å². The van der Waals surface area contributed by atoms with Crippen molar-refractivity contribution in [3.63, 3.8) is 0 Å².